The summed E-state index contributed by atoms with van der Waals surface area (Å²) >= 11 is 6.01. The summed E-state index contributed by atoms with van der Waals surface area (Å²) in [6.07, 6.45) is 0. The molecule has 0 saturated heterocycles. The Morgan fingerprint density at radius 2 is 1.92 bits per heavy atom. The number of halogens is 1. The van der Waals surface area contributed by atoms with E-state index in [0.717, 1.165) is 22.4 Å². The van der Waals surface area contributed by atoms with Crippen molar-refractivity contribution >= 4 is 22.5 Å². The van der Waals surface area contributed by atoms with E-state index in [-0.39, 0.29) is 0 Å². The van der Waals surface area contributed by atoms with Crippen molar-refractivity contribution in [3.05, 3.63) is 34.7 Å². The van der Waals surface area contributed by atoms with Gasteiger partial charge in [0.05, 0.1) is 10.5 Å². The van der Waals surface area contributed by atoms with Crippen LogP contribution in [0.2, 0.25) is 5.02 Å². The number of benzene rings is 1. The van der Waals surface area contributed by atoms with Crippen molar-refractivity contribution in [2.24, 2.45) is 0 Å². The van der Waals surface area contributed by atoms with Gasteiger partial charge in [-0.3, -0.25) is 0 Å². The average molecular weight is 193 g/mol. The van der Waals surface area contributed by atoms with Crippen LogP contribution in [0.1, 0.15) is 11.5 Å². The highest BCUT2D eigenvalue weighted by Crippen LogP contribution is 2.22. The molecule has 0 amide bonds. The maximum atomic E-state index is 6.01. The predicted molar refractivity (Wildman–Crippen MR) is 54.0 cm³/mol. The molecular formula is C10H9ClN2. The molecule has 0 spiro atoms. The van der Waals surface area contributed by atoms with Gasteiger partial charge in [0.1, 0.15) is 5.82 Å². The molecule has 0 aliphatic carbocycles. The monoisotopic (exact) mass is 192 g/mol. The first-order valence-corrected chi connectivity index (χ1v) is 4.46. The van der Waals surface area contributed by atoms with Crippen LogP contribution >= 0.6 is 11.6 Å². The van der Waals surface area contributed by atoms with Crippen molar-refractivity contribution in [2.45, 2.75) is 13.8 Å². The van der Waals surface area contributed by atoms with E-state index in [1.165, 1.54) is 0 Å². The maximum Gasteiger partial charge on any atom is 0.126 e. The Balaban J connectivity index is 2.94. The van der Waals surface area contributed by atoms with E-state index >= 15 is 0 Å². The molecule has 0 radical (unpaired) electrons. The van der Waals surface area contributed by atoms with E-state index in [1.807, 2.05) is 32.0 Å². The molecule has 1 aromatic heterocycles. The SMILES string of the molecule is Cc1nc(C)c2cccc(Cl)c2n1. The molecule has 66 valence electrons. The topological polar surface area (TPSA) is 25.8 Å². The summed E-state index contributed by atoms with van der Waals surface area (Å²) in [6.45, 7) is 3.84. The van der Waals surface area contributed by atoms with Crippen LogP contribution in [-0.2, 0) is 0 Å². The lowest BCUT2D eigenvalue weighted by Gasteiger charge is -2.03. The third kappa shape index (κ3) is 1.38. The fourth-order valence-corrected chi connectivity index (χ4v) is 1.63. The minimum atomic E-state index is 0.686. The zero-order chi connectivity index (χ0) is 9.42. The van der Waals surface area contributed by atoms with Crippen LogP contribution in [0, 0.1) is 13.8 Å². The third-order valence-electron chi connectivity index (χ3n) is 1.98. The van der Waals surface area contributed by atoms with Gasteiger partial charge in [0.25, 0.3) is 0 Å². The Hall–Kier alpha value is -1.15. The maximum absolute atomic E-state index is 6.01. The fourth-order valence-electron chi connectivity index (χ4n) is 1.41. The summed E-state index contributed by atoms with van der Waals surface area (Å²) in [6, 6.07) is 5.74. The number of nitrogens with zero attached hydrogens (tertiary/aromatic N) is 2. The first-order chi connectivity index (χ1) is 6.18. The molecule has 1 heterocycles. The molecule has 0 fully saturated rings. The smallest absolute Gasteiger partial charge is 0.126 e. The van der Waals surface area contributed by atoms with Crippen LogP contribution in [0.15, 0.2) is 18.2 Å². The van der Waals surface area contributed by atoms with Gasteiger partial charge in [-0.25, -0.2) is 9.97 Å². The number of aromatic nitrogens is 2. The molecule has 0 unspecified atom stereocenters. The fraction of sp³-hybridized carbons (Fsp3) is 0.200. The number of para-hydroxylation sites is 1. The molecule has 2 rings (SSSR count). The van der Waals surface area contributed by atoms with Gasteiger partial charge in [-0.05, 0) is 19.9 Å². The largest absolute Gasteiger partial charge is 0.238 e. The summed E-state index contributed by atoms with van der Waals surface area (Å²) in [5, 5.41) is 1.71. The lowest BCUT2D eigenvalue weighted by atomic mass is 10.2. The second-order valence-corrected chi connectivity index (χ2v) is 3.40. The standard InChI is InChI=1S/C10H9ClN2/c1-6-8-4-3-5-9(11)10(8)13-7(2)12-6/h3-5H,1-2H3. The van der Waals surface area contributed by atoms with Crippen LogP contribution in [-0.4, -0.2) is 9.97 Å². The highest BCUT2D eigenvalue weighted by Gasteiger charge is 2.03. The van der Waals surface area contributed by atoms with Crippen LogP contribution in [0.25, 0.3) is 10.9 Å². The molecule has 13 heavy (non-hydrogen) atoms. The van der Waals surface area contributed by atoms with Crippen LogP contribution in [0.5, 0.6) is 0 Å². The second-order valence-electron chi connectivity index (χ2n) is 2.99. The Morgan fingerprint density at radius 3 is 2.69 bits per heavy atom. The highest BCUT2D eigenvalue weighted by atomic mass is 35.5. The quantitative estimate of drug-likeness (QED) is 0.642. The van der Waals surface area contributed by atoms with E-state index in [9.17, 15) is 0 Å². The van der Waals surface area contributed by atoms with Crippen molar-refractivity contribution < 1.29 is 0 Å². The van der Waals surface area contributed by atoms with E-state index in [1.54, 1.807) is 0 Å². The zero-order valence-electron chi connectivity index (χ0n) is 7.50. The number of rotatable bonds is 0. The third-order valence-corrected chi connectivity index (χ3v) is 2.28. The summed E-state index contributed by atoms with van der Waals surface area (Å²) in [4.78, 5) is 8.57. The van der Waals surface area contributed by atoms with Gasteiger partial charge in [0.2, 0.25) is 0 Å². The molecule has 0 aliphatic rings. The van der Waals surface area contributed by atoms with Gasteiger partial charge in [-0.1, -0.05) is 23.7 Å². The first-order valence-electron chi connectivity index (χ1n) is 4.08. The Labute approximate surface area is 81.6 Å². The minimum absolute atomic E-state index is 0.686. The molecular weight excluding hydrogens is 184 g/mol. The lowest BCUT2D eigenvalue weighted by Crippen LogP contribution is -1.93. The minimum Gasteiger partial charge on any atom is -0.238 e. The normalized spacial score (nSPS) is 10.7. The van der Waals surface area contributed by atoms with E-state index < -0.39 is 0 Å². The molecule has 2 nitrogen and oxygen atoms in total. The molecule has 0 atom stereocenters. The van der Waals surface area contributed by atoms with E-state index in [0.29, 0.717) is 5.02 Å². The van der Waals surface area contributed by atoms with Gasteiger partial charge in [0, 0.05) is 11.1 Å². The number of hydrogen-bond acceptors (Lipinski definition) is 2. The van der Waals surface area contributed by atoms with Crippen molar-refractivity contribution in [3.8, 4) is 0 Å². The highest BCUT2D eigenvalue weighted by molar-refractivity contribution is 6.35. The van der Waals surface area contributed by atoms with Gasteiger partial charge >= 0.3 is 0 Å². The van der Waals surface area contributed by atoms with Crippen LogP contribution in [0.3, 0.4) is 0 Å². The van der Waals surface area contributed by atoms with Crippen molar-refractivity contribution in [3.63, 3.8) is 0 Å². The van der Waals surface area contributed by atoms with Crippen molar-refractivity contribution in [2.75, 3.05) is 0 Å². The predicted octanol–water partition coefficient (Wildman–Crippen LogP) is 2.90. The summed E-state index contributed by atoms with van der Waals surface area (Å²) in [5.74, 6) is 0.762. The Morgan fingerprint density at radius 1 is 1.15 bits per heavy atom. The second kappa shape index (κ2) is 2.96. The number of hydrogen-bond donors (Lipinski definition) is 0. The van der Waals surface area contributed by atoms with E-state index in [2.05, 4.69) is 9.97 Å². The summed E-state index contributed by atoms with van der Waals surface area (Å²) in [7, 11) is 0. The molecule has 3 heteroatoms. The number of aryl methyl sites for hydroxylation is 2. The summed E-state index contributed by atoms with van der Waals surface area (Å²) < 4.78 is 0. The van der Waals surface area contributed by atoms with Gasteiger partial charge in [0.15, 0.2) is 0 Å². The summed E-state index contributed by atoms with van der Waals surface area (Å²) in [5.41, 5.74) is 1.82. The first kappa shape index (κ1) is 8.45. The molecule has 1 aromatic carbocycles. The molecule has 0 bridgehead atoms. The van der Waals surface area contributed by atoms with Crippen molar-refractivity contribution in [1.29, 1.82) is 0 Å². The zero-order valence-corrected chi connectivity index (χ0v) is 8.26. The van der Waals surface area contributed by atoms with Crippen LogP contribution < -0.4 is 0 Å². The molecule has 0 aliphatic heterocycles. The van der Waals surface area contributed by atoms with E-state index in [4.69, 9.17) is 11.6 Å². The molecule has 2 aromatic rings. The lowest BCUT2D eigenvalue weighted by molar-refractivity contribution is 1.05. The average Bonchev–Trinajstić information content (AvgIpc) is 2.07. The Kier molecular flexibility index (Phi) is 1.93. The van der Waals surface area contributed by atoms with Crippen LogP contribution in [0.4, 0.5) is 0 Å². The van der Waals surface area contributed by atoms with Crippen molar-refractivity contribution in [1.82, 2.24) is 9.97 Å². The molecule has 0 saturated carbocycles. The Bertz CT molecular complexity index is 466. The number of fused-ring (bicyclic) bond motifs is 1. The van der Waals surface area contributed by atoms with Gasteiger partial charge in [-0.15, -0.1) is 0 Å². The van der Waals surface area contributed by atoms with Gasteiger partial charge in [-0.2, -0.15) is 0 Å². The molecule has 0 N–H and O–H groups in total. The van der Waals surface area contributed by atoms with Gasteiger partial charge < -0.3 is 0 Å².